The first-order valence-electron chi connectivity index (χ1n) is 7.70. The molecule has 0 aliphatic heterocycles. The Morgan fingerprint density at radius 3 is 2.50 bits per heavy atom. The number of rotatable bonds is 4. The van der Waals surface area contributed by atoms with Crippen LogP contribution in [0.5, 0.6) is 5.75 Å². The van der Waals surface area contributed by atoms with Crippen molar-refractivity contribution in [3.05, 3.63) is 40.2 Å². The second-order valence-electron chi connectivity index (χ2n) is 6.41. The highest BCUT2D eigenvalue weighted by Crippen LogP contribution is 2.34. The number of fused-ring (bicyclic) bond motifs is 1. The van der Waals surface area contributed by atoms with Crippen LogP contribution in [0.4, 0.5) is 18.0 Å². The first-order chi connectivity index (χ1) is 12.0. The fourth-order valence-electron chi connectivity index (χ4n) is 2.10. The van der Waals surface area contributed by atoms with Gasteiger partial charge in [-0.2, -0.15) is 13.2 Å². The molecule has 0 saturated heterocycles. The molecule has 2 aromatic rings. The van der Waals surface area contributed by atoms with E-state index in [0.29, 0.717) is 6.07 Å². The summed E-state index contributed by atoms with van der Waals surface area (Å²) in [6, 6.07) is 4.09. The largest absolute Gasteiger partial charge is 0.492 e. The van der Waals surface area contributed by atoms with E-state index in [0.717, 1.165) is 6.07 Å². The Balaban J connectivity index is 2.04. The Kier molecular flexibility index (Phi) is 5.48. The lowest BCUT2D eigenvalue weighted by Gasteiger charge is -2.19. The molecule has 0 atom stereocenters. The zero-order chi connectivity index (χ0) is 19.5. The maximum absolute atomic E-state index is 13.0. The molecule has 1 heterocycles. The van der Waals surface area contributed by atoms with Crippen LogP contribution in [0.1, 0.15) is 26.3 Å². The predicted octanol–water partition coefficient (Wildman–Crippen LogP) is 3.72. The van der Waals surface area contributed by atoms with Crippen molar-refractivity contribution in [2.75, 3.05) is 13.2 Å². The number of benzene rings is 1. The number of hydrogen-bond acceptors (Lipinski definition) is 5. The van der Waals surface area contributed by atoms with Gasteiger partial charge in [-0.1, -0.05) is 0 Å². The highest BCUT2D eigenvalue weighted by molar-refractivity contribution is 5.82. The summed E-state index contributed by atoms with van der Waals surface area (Å²) in [6.45, 7) is 5.34. The average molecular weight is 373 g/mol. The summed E-state index contributed by atoms with van der Waals surface area (Å²) < 4.78 is 54.1. The van der Waals surface area contributed by atoms with E-state index < -0.39 is 29.1 Å². The summed E-state index contributed by atoms with van der Waals surface area (Å²) in [5, 5.41) is 2.24. The maximum atomic E-state index is 13.0. The zero-order valence-electron chi connectivity index (χ0n) is 14.4. The van der Waals surface area contributed by atoms with Crippen LogP contribution in [0, 0.1) is 0 Å². The van der Waals surface area contributed by atoms with Crippen LogP contribution in [0.25, 0.3) is 11.0 Å². The van der Waals surface area contributed by atoms with E-state index in [4.69, 9.17) is 13.9 Å². The number of nitrogens with one attached hydrogen (secondary N) is 1. The van der Waals surface area contributed by atoms with Crippen LogP contribution >= 0.6 is 0 Å². The molecule has 0 saturated carbocycles. The standard InChI is InChI=1S/C17H18F3NO5/c1-16(2,3)26-15(23)21-6-7-24-10-4-5-11-12(17(18,19)20)9-14(22)25-13(11)8-10/h4-5,8-9H,6-7H2,1-3H3,(H,21,23). The molecule has 1 N–H and O–H groups in total. The maximum Gasteiger partial charge on any atom is 0.417 e. The van der Waals surface area contributed by atoms with Crippen LogP contribution in [0.15, 0.2) is 33.5 Å². The lowest BCUT2D eigenvalue weighted by molar-refractivity contribution is -0.136. The SMILES string of the molecule is CC(C)(C)OC(=O)NCCOc1ccc2c(C(F)(F)F)cc(=O)oc2c1. The third-order valence-electron chi connectivity index (χ3n) is 3.06. The Morgan fingerprint density at radius 2 is 1.88 bits per heavy atom. The van der Waals surface area contributed by atoms with Crippen molar-refractivity contribution in [3.8, 4) is 5.75 Å². The number of amides is 1. The van der Waals surface area contributed by atoms with Gasteiger partial charge < -0.3 is 19.2 Å². The topological polar surface area (TPSA) is 77.8 Å². The van der Waals surface area contributed by atoms with Crippen molar-refractivity contribution in [3.63, 3.8) is 0 Å². The molecule has 0 aliphatic rings. The second-order valence-corrected chi connectivity index (χ2v) is 6.41. The van der Waals surface area contributed by atoms with Gasteiger partial charge >= 0.3 is 17.9 Å². The second kappa shape index (κ2) is 7.27. The van der Waals surface area contributed by atoms with Crippen molar-refractivity contribution in [1.29, 1.82) is 0 Å². The average Bonchev–Trinajstić information content (AvgIpc) is 2.47. The first-order valence-corrected chi connectivity index (χ1v) is 7.70. The first kappa shape index (κ1) is 19.6. The fourth-order valence-corrected chi connectivity index (χ4v) is 2.10. The number of alkyl carbamates (subject to hydrolysis) is 1. The Labute approximate surface area is 146 Å². The lowest BCUT2D eigenvalue weighted by atomic mass is 10.1. The third kappa shape index (κ3) is 5.40. The summed E-state index contributed by atoms with van der Waals surface area (Å²) in [5.41, 5.74) is -3.03. The van der Waals surface area contributed by atoms with Crippen molar-refractivity contribution in [2.24, 2.45) is 0 Å². The molecule has 6 nitrogen and oxygen atoms in total. The molecule has 9 heteroatoms. The minimum absolute atomic E-state index is 0.0495. The number of carbonyl (C=O) groups is 1. The van der Waals surface area contributed by atoms with Crippen LogP contribution in [0.3, 0.4) is 0 Å². The molecular weight excluding hydrogens is 355 g/mol. The van der Waals surface area contributed by atoms with Gasteiger partial charge in [0.15, 0.2) is 0 Å². The van der Waals surface area contributed by atoms with Crippen molar-refractivity contribution in [1.82, 2.24) is 5.32 Å². The summed E-state index contributed by atoms with van der Waals surface area (Å²) >= 11 is 0. The number of halogens is 3. The highest BCUT2D eigenvalue weighted by atomic mass is 19.4. The van der Waals surface area contributed by atoms with Gasteiger partial charge in [-0.25, -0.2) is 9.59 Å². The van der Waals surface area contributed by atoms with Crippen LogP contribution in [-0.4, -0.2) is 24.8 Å². The monoisotopic (exact) mass is 373 g/mol. The molecule has 1 amide bonds. The van der Waals surface area contributed by atoms with E-state index in [2.05, 4.69) is 5.32 Å². The molecular formula is C17H18F3NO5. The van der Waals surface area contributed by atoms with Gasteiger partial charge in [0.25, 0.3) is 0 Å². The molecule has 0 bridgehead atoms. The third-order valence-corrected chi connectivity index (χ3v) is 3.06. The molecule has 1 aromatic heterocycles. The van der Waals surface area contributed by atoms with Crippen molar-refractivity contribution in [2.45, 2.75) is 32.5 Å². The van der Waals surface area contributed by atoms with Gasteiger partial charge in [-0.05, 0) is 32.9 Å². The normalized spacial score (nSPS) is 12.1. The summed E-state index contributed by atoms with van der Waals surface area (Å²) in [6.07, 6.45) is -5.28. The quantitative estimate of drug-likeness (QED) is 0.653. The van der Waals surface area contributed by atoms with Crippen molar-refractivity contribution >= 4 is 17.1 Å². The van der Waals surface area contributed by atoms with E-state index in [-0.39, 0.29) is 29.9 Å². The highest BCUT2D eigenvalue weighted by Gasteiger charge is 2.33. The molecule has 26 heavy (non-hydrogen) atoms. The van der Waals surface area contributed by atoms with Crippen LogP contribution < -0.4 is 15.7 Å². The zero-order valence-corrected chi connectivity index (χ0v) is 14.4. The molecule has 0 unspecified atom stereocenters. The summed E-state index contributed by atoms with van der Waals surface area (Å²) in [7, 11) is 0. The van der Waals surface area contributed by atoms with E-state index in [1.54, 1.807) is 20.8 Å². The molecule has 0 spiro atoms. The Morgan fingerprint density at radius 1 is 1.19 bits per heavy atom. The minimum Gasteiger partial charge on any atom is -0.492 e. The molecule has 0 radical (unpaired) electrons. The van der Waals surface area contributed by atoms with E-state index >= 15 is 0 Å². The number of ether oxygens (including phenoxy) is 2. The van der Waals surface area contributed by atoms with Gasteiger partial charge in [0.05, 0.1) is 12.1 Å². The number of hydrogen-bond donors (Lipinski definition) is 1. The molecule has 0 fully saturated rings. The lowest BCUT2D eigenvalue weighted by Crippen LogP contribution is -2.34. The minimum atomic E-state index is -4.67. The molecule has 2 rings (SSSR count). The molecule has 142 valence electrons. The van der Waals surface area contributed by atoms with Gasteiger partial charge in [-0.15, -0.1) is 0 Å². The van der Waals surface area contributed by atoms with E-state index in [1.807, 2.05) is 0 Å². The van der Waals surface area contributed by atoms with E-state index in [1.165, 1.54) is 12.1 Å². The van der Waals surface area contributed by atoms with Crippen LogP contribution in [-0.2, 0) is 10.9 Å². The van der Waals surface area contributed by atoms with E-state index in [9.17, 15) is 22.8 Å². The number of carbonyl (C=O) groups excluding carboxylic acids is 1. The fraction of sp³-hybridized carbons (Fsp3) is 0.412. The summed E-state index contributed by atoms with van der Waals surface area (Å²) in [5.74, 6) is 0.200. The predicted molar refractivity (Wildman–Crippen MR) is 87.2 cm³/mol. The summed E-state index contributed by atoms with van der Waals surface area (Å²) in [4.78, 5) is 22.8. The van der Waals surface area contributed by atoms with Gasteiger partial charge in [-0.3, -0.25) is 0 Å². The van der Waals surface area contributed by atoms with Gasteiger partial charge in [0, 0.05) is 17.5 Å². The van der Waals surface area contributed by atoms with Crippen LogP contribution in [0.2, 0.25) is 0 Å². The number of alkyl halides is 3. The van der Waals surface area contributed by atoms with Crippen molar-refractivity contribution < 1.29 is 31.9 Å². The van der Waals surface area contributed by atoms with Gasteiger partial charge in [0.1, 0.15) is 23.5 Å². The smallest absolute Gasteiger partial charge is 0.417 e. The Bertz CT molecular complexity index is 852. The van der Waals surface area contributed by atoms with Gasteiger partial charge in [0.2, 0.25) is 0 Å². The molecule has 0 aliphatic carbocycles. The molecule has 1 aromatic carbocycles. The Hall–Kier alpha value is -2.71.